The van der Waals surface area contributed by atoms with E-state index in [0.29, 0.717) is 48.1 Å². The van der Waals surface area contributed by atoms with Gasteiger partial charge in [-0.1, -0.05) is 24.3 Å². The molecule has 0 unspecified atom stereocenters. The Hall–Kier alpha value is -4.44. The molecule has 2 N–H and O–H groups in total. The molecule has 4 heterocycles. The summed E-state index contributed by atoms with van der Waals surface area (Å²) < 4.78 is 36.0. The third-order valence-corrected chi connectivity index (χ3v) is 9.55. The lowest BCUT2D eigenvalue weighted by atomic mass is 10.00. The third kappa shape index (κ3) is 3.98. The summed E-state index contributed by atoms with van der Waals surface area (Å²) >= 11 is 0. The van der Waals surface area contributed by atoms with Crippen molar-refractivity contribution in [1.82, 2.24) is 19.3 Å². The number of sulfonamides is 1. The van der Waals surface area contributed by atoms with Crippen molar-refractivity contribution in [2.45, 2.75) is 38.0 Å². The third-order valence-electron chi connectivity index (χ3n) is 7.73. The fraction of sp³-hybridized carbons (Fsp3) is 0.233. The summed E-state index contributed by atoms with van der Waals surface area (Å²) in [6.45, 7) is 2.62. The number of fused-ring (bicyclic) bond motifs is 4. The van der Waals surface area contributed by atoms with Crippen LogP contribution >= 0.6 is 0 Å². The molecule has 0 spiro atoms. The Labute approximate surface area is 229 Å². The Morgan fingerprint density at radius 1 is 1.15 bits per heavy atom. The lowest BCUT2D eigenvalue weighted by Crippen LogP contribution is -2.35. The topological polar surface area (TPSA) is 123 Å². The van der Waals surface area contributed by atoms with Crippen molar-refractivity contribution in [3.8, 4) is 16.9 Å². The number of benzene rings is 2. The lowest BCUT2D eigenvalue weighted by molar-refractivity contribution is 0.0974. The van der Waals surface area contributed by atoms with Crippen LogP contribution in [0.4, 0.5) is 0 Å². The molecule has 1 amide bonds. The van der Waals surface area contributed by atoms with E-state index in [1.807, 2.05) is 49.4 Å². The summed E-state index contributed by atoms with van der Waals surface area (Å²) in [5.74, 6) is -0.165. The van der Waals surface area contributed by atoms with Gasteiger partial charge in [0.25, 0.3) is 11.5 Å². The minimum Gasteiger partial charge on any atom is -0.492 e. The van der Waals surface area contributed by atoms with Crippen LogP contribution in [0.25, 0.3) is 32.9 Å². The molecule has 2 aliphatic rings. The van der Waals surface area contributed by atoms with Crippen LogP contribution in [0.15, 0.2) is 65.6 Å². The van der Waals surface area contributed by atoms with Gasteiger partial charge < -0.3 is 14.3 Å². The number of hydrogen-bond donors (Lipinski definition) is 2. The Morgan fingerprint density at radius 2 is 1.98 bits per heavy atom. The predicted molar refractivity (Wildman–Crippen MR) is 152 cm³/mol. The highest BCUT2D eigenvalue weighted by molar-refractivity contribution is 7.91. The minimum absolute atomic E-state index is 0.0902. The maximum atomic E-state index is 14.0. The molecule has 7 rings (SSSR count). The van der Waals surface area contributed by atoms with E-state index in [1.54, 1.807) is 16.7 Å². The second-order valence-corrected chi connectivity index (χ2v) is 12.3. The van der Waals surface area contributed by atoms with Crippen LogP contribution in [-0.2, 0) is 23.0 Å². The van der Waals surface area contributed by atoms with Gasteiger partial charge in [0.1, 0.15) is 11.4 Å². The van der Waals surface area contributed by atoms with Crippen LogP contribution in [0.3, 0.4) is 0 Å². The molecule has 0 radical (unpaired) electrons. The molecule has 1 saturated carbocycles. The van der Waals surface area contributed by atoms with E-state index in [9.17, 15) is 18.0 Å². The number of amides is 1. The van der Waals surface area contributed by atoms with Gasteiger partial charge in [0.15, 0.2) is 0 Å². The maximum absolute atomic E-state index is 14.0. The van der Waals surface area contributed by atoms with Crippen molar-refractivity contribution < 1.29 is 17.9 Å². The molecule has 5 aromatic rings. The molecule has 1 aliphatic heterocycles. The normalized spacial score (nSPS) is 14.8. The number of nitrogens with one attached hydrogen (secondary N) is 2. The van der Waals surface area contributed by atoms with Crippen molar-refractivity contribution in [2.24, 2.45) is 0 Å². The number of ether oxygens (including phenoxy) is 1. The zero-order chi connectivity index (χ0) is 27.6. The van der Waals surface area contributed by atoms with Gasteiger partial charge in [-0.2, -0.15) is 0 Å². The molecule has 1 fully saturated rings. The van der Waals surface area contributed by atoms with E-state index >= 15 is 0 Å². The van der Waals surface area contributed by atoms with Crippen LogP contribution in [0.1, 0.15) is 40.2 Å². The second-order valence-electron chi connectivity index (χ2n) is 10.4. The van der Waals surface area contributed by atoms with Crippen LogP contribution in [0.5, 0.6) is 5.75 Å². The Bertz CT molecular complexity index is 2020. The number of aromatic amines is 1. The summed E-state index contributed by atoms with van der Waals surface area (Å²) in [5, 5.41) is 0.982. The number of pyridine rings is 2. The first-order valence-electron chi connectivity index (χ1n) is 13.2. The van der Waals surface area contributed by atoms with Crippen molar-refractivity contribution in [3.05, 3.63) is 93.7 Å². The number of rotatable bonds is 6. The number of aryl methyl sites for hydroxylation is 1. The highest BCUT2D eigenvalue weighted by Crippen LogP contribution is 2.44. The molecule has 2 aromatic carbocycles. The maximum Gasteiger partial charge on any atom is 0.282 e. The minimum atomic E-state index is -3.86. The average molecular weight is 555 g/mol. The summed E-state index contributed by atoms with van der Waals surface area (Å²) in [5.41, 5.74) is 4.46. The van der Waals surface area contributed by atoms with Gasteiger partial charge in [0.2, 0.25) is 10.0 Å². The van der Waals surface area contributed by atoms with Gasteiger partial charge in [-0.15, -0.1) is 0 Å². The Kier molecular flexibility index (Phi) is 5.57. The summed E-state index contributed by atoms with van der Waals surface area (Å²) in [6, 6.07) is 17.0. The van der Waals surface area contributed by atoms with E-state index in [4.69, 9.17) is 9.72 Å². The molecule has 0 bridgehead atoms. The van der Waals surface area contributed by atoms with E-state index in [0.717, 1.165) is 27.7 Å². The quantitative estimate of drug-likeness (QED) is 0.326. The number of hydrogen-bond acceptors (Lipinski definition) is 6. The molecule has 40 heavy (non-hydrogen) atoms. The highest BCUT2D eigenvalue weighted by Gasteiger charge is 2.39. The number of carbonyl (C=O) groups is 1. The first-order valence-corrected chi connectivity index (χ1v) is 14.8. The summed E-state index contributed by atoms with van der Waals surface area (Å²) in [4.78, 5) is 34.6. The van der Waals surface area contributed by atoms with Gasteiger partial charge >= 0.3 is 0 Å². The molecule has 202 valence electrons. The van der Waals surface area contributed by atoms with E-state index in [1.165, 1.54) is 6.20 Å². The monoisotopic (exact) mass is 554 g/mol. The smallest absolute Gasteiger partial charge is 0.282 e. The highest BCUT2D eigenvalue weighted by atomic mass is 32.2. The number of H-pyrrole nitrogens is 1. The van der Waals surface area contributed by atoms with Gasteiger partial charge in [0, 0.05) is 29.3 Å². The number of aromatic nitrogens is 3. The van der Waals surface area contributed by atoms with Crippen LogP contribution in [0.2, 0.25) is 0 Å². The largest absolute Gasteiger partial charge is 0.492 e. The van der Waals surface area contributed by atoms with Gasteiger partial charge in [-0.25, -0.2) is 13.1 Å². The lowest BCUT2D eigenvalue weighted by Gasteiger charge is -2.15. The molecule has 1 aliphatic carbocycles. The first kappa shape index (κ1) is 24.6. The van der Waals surface area contributed by atoms with Gasteiger partial charge in [-0.05, 0) is 61.2 Å². The van der Waals surface area contributed by atoms with Gasteiger partial charge in [0.05, 0.1) is 40.4 Å². The van der Waals surface area contributed by atoms with Crippen LogP contribution in [-0.4, -0.2) is 40.7 Å². The Morgan fingerprint density at radius 3 is 2.77 bits per heavy atom. The number of carbonyl (C=O) groups excluding carboxylic acids is 1. The number of nitrogens with zero attached hydrogens (tertiary/aromatic N) is 2. The molecule has 3 aromatic heterocycles. The SMILES string of the molecule is Cc1nc2ccccc2cc1Cn1c(C(=O)NS(=O)(=O)C2CC2)c(-c2ccc[nH]c2=O)c2c3c(ccc21)CCO3. The molecular formula is C30H26N4O5S. The first-order chi connectivity index (χ1) is 19.3. The fourth-order valence-electron chi connectivity index (χ4n) is 5.59. The van der Waals surface area contributed by atoms with E-state index < -0.39 is 21.2 Å². The molecule has 9 nitrogen and oxygen atoms in total. The second kappa shape index (κ2) is 9.06. The van der Waals surface area contributed by atoms with Crippen molar-refractivity contribution in [1.29, 1.82) is 0 Å². The average Bonchev–Trinajstić information content (AvgIpc) is 3.61. The summed E-state index contributed by atoms with van der Waals surface area (Å²) in [7, 11) is -3.86. The van der Waals surface area contributed by atoms with Crippen LogP contribution in [0, 0.1) is 6.92 Å². The van der Waals surface area contributed by atoms with E-state index in [-0.39, 0.29) is 23.4 Å². The molecule has 0 saturated heterocycles. The standard InChI is InChI=1S/C30H26N4O5S/c1-17-20(15-19-5-2-3-7-23(19)32-17)16-34-24-11-8-18-12-14-39-28(18)26(24)25(22-6-4-13-31-29(22)35)27(34)30(36)33-40(37,38)21-9-10-21/h2-8,11,13,15,21H,9-10,12,14,16H2,1H3,(H,31,35)(H,33,36). The van der Waals surface area contributed by atoms with Crippen molar-refractivity contribution in [3.63, 3.8) is 0 Å². The van der Waals surface area contributed by atoms with Crippen molar-refractivity contribution in [2.75, 3.05) is 6.61 Å². The Balaban J connectivity index is 1.53. The van der Waals surface area contributed by atoms with Gasteiger partial charge in [-0.3, -0.25) is 14.6 Å². The molecule has 0 atom stereocenters. The zero-order valence-electron chi connectivity index (χ0n) is 21.7. The van der Waals surface area contributed by atoms with Crippen molar-refractivity contribution >= 4 is 37.7 Å². The predicted octanol–water partition coefficient (Wildman–Crippen LogP) is 4.06. The van der Waals surface area contributed by atoms with Crippen LogP contribution < -0.4 is 15.0 Å². The zero-order valence-corrected chi connectivity index (χ0v) is 22.5. The number of para-hydroxylation sites is 1. The van der Waals surface area contributed by atoms with E-state index in [2.05, 4.69) is 9.71 Å². The molecular weight excluding hydrogens is 528 g/mol. The fourth-order valence-corrected chi connectivity index (χ4v) is 6.87. The molecule has 10 heteroatoms. The summed E-state index contributed by atoms with van der Waals surface area (Å²) in [6.07, 6.45) is 3.25.